The summed E-state index contributed by atoms with van der Waals surface area (Å²) < 4.78 is 5.43. The molecule has 1 aromatic heterocycles. The molecule has 15 heavy (non-hydrogen) atoms. The Bertz CT molecular complexity index is 305. The Balaban J connectivity index is 1.91. The quantitative estimate of drug-likeness (QED) is 0.859. The predicted molar refractivity (Wildman–Crippen MR) is 62.9 cm³/mol. The molecule has 84 valence electrons. The molecule has 2 heterocycles. The van der Waals surface area contributed by atoms with Crippen LogP contribution in [0.5, 0.6) is 0 Å². The van der Waals surface area contributed by atoms with E-state index in [-0.39, 0.29) is 6.04 Å². The average molecular weight is 226 g/mol. The fourth-order valence-electron chi connectivity index (χ4n) is 1.84. The number of hydrogen-bond acceptors (Lipinski definition) is 4. The highest BCUT2D eigenvalue weighted by Gasteiger charge is 2.17. The maximum absolute atomic E-state index is 5.73. The molecule has 1 saturated heterocycles. The van der Waals surface area contributed by atoms with E-state index in [1.165, 1.54) is 24.3 Å². The lowest BCUT2D eigenvalue weighted by molar-refractivity contribution is 0.426. The number of oxazole rings is 1. The van der Waals surface area contributed by atoms with Crippen LogP contribution in [-0.4, -0.2) is 16.5 Å². The Kier molecular flexibility index (Phi) is 3.70. The highest BCUT2D eigenvalue weighted by Crippen LogP contribution is 2.25. The van der Waals surface area contributed by atoms with E-state index >= 15 is 0 Å². The van der Waals surface area contributed by atoms with Gasteiger partial charge in [-0.15, -0.1) is 0 Å². The van der Waals surface area contributed by atoms with Crippen molar-refractivity contribution in [1.82, 2.24) is 4.98 Å². The van der Waals surface area contributed by atoms with Crippen LogP contribution in [0.25, 0.3) is 0 Å². The third kappa shape index (κ3) is 2.98. The molecule has 1 fully saturated rings. The van der Waals surface area contributed by atoms with Gasteiger partial charge in [-0.25, -0.2) is 4.98 Å². The van der Waals surface area contributed by atoms with Crippen LogP contribution in [-0.2, 0) is 6.42 Å². The molecule has 0 saturated carbocycles. The molecule has 2 N–H and O–H groups in total. The molecule has 0 spiro atoms. The van der Waals surface area contributed by atoms with Crippen LogP contribution in [0.4, 0.5) is 0 Å². The van der Waals surface area contributed by atoms with Crippen LogP contribution in [0.3, 0.4) is 0 Å². The van der Waals surface area contributed by atoms with Gasteiger partial charge in [0.25, 0.3) is 0 Å². The van der Waals surface area contributed by atoms with Gasteiger partial charge in [-0.2, -0.15) is 11.8 Å². The van der Waals surface area contributed by atoms with Crippen LogP contribution in [0.15, 0.2) is 10.7 Å². The molecule has 1 aliphatic rings. The number of thioether (sulfide) groups is 1. The van der Waals surface area contributed by atoms with Crippen LogP contribution in [0.2, 0.25) is 0 Å². The molecule has 4 heteroatoms. The lowest BCUT2D eigenvalue weighted by Gasteiger charge is -2.19. The largest absolute Gasteiger partial charge is 0.449 e. The number of aromatic nitrogens is 1. The van der Waals surface area contributed by atoms with Crippen molar-refractivity contribution in [2.75, 3.05) is 11.5 Å². The molecule has 0 aromatic carbocycles. The van der Waals surface area contributed by atoms with Crippen LogP contribution < -0.4 is 5.73 Å². The minimum atomic E-state index is -0.0248. The molecule has 2 unspecified atom stereocenters. The molecule has 0 radical (unpaired) electrons. The predicted octanol–water partition coefficient (Wildman–Crippen LogP) is 2.38. The molecule has 3 nitrogen and oxygen atoms in total. The summed E-state index contributed by atoms with van der Waals surface area (Å²) >= 11 is 2.04. The maximum atomic E-state index is 5.73. The zero-order valence-corrected chi connectivity index (χ0v) is 9.93. The van der Waals surface area contributed by atoms with E-state index in [4.69, 9.17) is 10.2 Å². The average Bonchev–Trinajstić information content (AvgIpc) is 2.68. The fraction of sp³-hybridized carbons (Fsp3) is 0.727. The van der Waals surface area contributed by atoms with Gasteiger partial charge in [0.1, 0.15) is 6.26 Å². The van der Waals surface area contributed by atoms with E-state index in [2.05, 4.69) is 4.98 Å². The van der Waals surface area contributed by atoms with Gasteiger partial charge in [-0.3, -0.25) is 0 Å². The smallest absolute Gasteiger partial charge is 0.194 e. The summed E-state index contributed by atoms with van der Waals surface area (Å²) in [5.41, 5.74) is 6.60. The van der Waals surface area contributed by atoms with Crippen LogP contribution in [0.1, 0.15) is 37.4 Å². The molecular formula is C11H18N2OS. The van der Waals surface area contributed by atoms with Crippen molar-refractivity contribution in [1.29, 1.82) is 0 Å². The van der Waals surface area contributed by atoms with Gasteiger partial charge in [0.15, 0.2) is 5.89 Å². The summed E-state index contributed by atoms with van der Waals surface area (Å²) in [5, 5.41) is 0. The summed E-state index contributed by atoms with van der Waals surface area (Å²) in [4.78, 5) is 4.40. The first-order chi connectivity index (χ1) is 7.25. The van der Waals surface area contributed by atoms with Crippen molar-refractivity contribution in [3.8, 4) is 0 Å². The summed E-state index contributed by atoms with van der Waals surface area (Å²) in [6.07, 6.45) is 5.30. The van der Waals surface area contributed by atoms with Gasteiger partial charge in [0.2, 0.25) is 0 Å². The minimum Gasteiger partial charge on any atom is -0.449 e. The van der Waals surface area contributed by atoms with Crippen molar-refractivity contribution >= 4 is 11.8 Å². The Morgan fingerprint density at radius 2 is 2.60 bits per heavy atom. The monoisotopic (exact) mass is 226 g/mol. The first kappa shape index (κ1) is 11.0. The van der Waals surface area contributed by atoms with E-state index in [0.717, 1.165) is 23.9 Å². The second-order valence-corrected chi connectivity index (χ2v) is 5.39. The second-order valence-electron chi connectivity index (χ2n) is 4.24. The first-order valence-electron chi connectivity index (χ1n) is 5.53. The molecular weight excluding hydrogens is 208 g/mol. The Hall–Kier alpha value is -0.480. The van der Waals surface area contributed by atoms with E-state index in [1.807, 2.05) is 18.7 Å². The van der Waals surface area contributed by atoms with Crippen molar-refractivity contribution < 1.29 is 4.42 Å². The topological polar surface area (TPSA) is 52.0 Å². The number of hydrogen-bond donors (Lipinski definition) is 1. The SMILES string of the molecule is CC(N)c1coc(CC2CCCSC2)n1. The van der Waals surface area contributed by atoms with E-state index < -0.39 is 0 Å². The lowest BCUT2D eigenvalue weighted by Crippen LogP contribution is -2.13. The summed E-state index contributed by atoms with van der Waals surface area (Å²) in [6, 6.07) is -0.0248. The van der Waals surface area contributed by atoms with Gasteiger partial charge in [-0.05, 0) is 37.2 Å². The highest BCUT2D eigenvalue weighted by atomic mass is 32.2. The number of rotatable bonds is 3. The molecule has 1 aromatic rings. The third-order valence-corrected chi connectivity index (χ3v) is 4.04. The Labute approximate surface area is 94.8 Å². The van der Waals surface area contributed by atoms with Gasteiger partial charge in [0.05, 0.1) is 5.69 Å². The van der Waals surface area contributed by atoms with Crippen LogP contribution >= 0.6 is 11.8 Å². The molecule has 1 aliphatic heterocycles. The number of nitrogens with zero attached hydrogens (tertiary/aromatic N) is 1. The standard InChI is InChI=1S/C11H18N2OS/c1-8(12)10-6-14-11(13-10)5-9-3-2-4-15-7-9/h6,8-9H,2-5,7,12H2,1H3. The van der Waals surface area contributed by atoms with Gasteiger partial charge < -0.3 is 10.2 Å². The lowest BCUT2D eigenvalue weighted by atomic mass is 10.0. The van der Waals surface area contributed by atoms with Gasteiger partial charge in [0, 0.05) is 12.5 Å². The van der Waals surface area contributed by atoms with Crippen molar-refractivity contribution in [3.63, 3.8) is 0 Å². The molecule has 2 rings (SSSR count). The fourth-order valence-corrected chi connectivity index (χ4v) is 3.00. The first-order valence-corrected chi connectivity index (χ1v) is 6.69. The van der Waals surface area contributed by atoms with E-state index in [9.17, 15) is 0 Å². The van der Waals surface area contributed by atoms with Crippen molar-refractivity contribution in [3.05, 3.63) is 17.8 Å². The van der Waals surface area contributed by atoms with Gasteiger partial charge >= 0.3 is 0 Å². The van der Waals surface area contributed by atoms with Gasteiger partial charge in [-0.1, -0.05) is 0 Å². The van der Waals surface area contributed by atoms with Crippen molar-refractivity contribution in [2.45, 2.75) is 32.2 Å². The third-order valence-electron chi connectivity index (χ3n) is 2.75. The molecule has 0 bridgehead atoms. The van der Waals surface area contributed by atoms with Crippen LogP contribution in [0, 0.1) is 5.92 Å². The zero-order chi connectivity index (χ0) is 10.7. The van der Waals surface area contributed by atoms with E-state index in [1.54, 1.807) is 6.26 Å². The van der Waals surface area contributed by atoms with E-state index in [0.29, 0.717) is 0 Å². The molecule has 0 aliphatic carbocycles. The normalized spacial score (nSPS) is 24.0. The van der Waals surface area contributed by atoms with Crippen molar-refractivity contribution in [2.24, 2.45) is 11.7 Å². The Morgan fingerprint density at radius 3 is 3.20 bits per heavy atom. The summed E-state index contributed by atoms with van der Waals surface area (Å²) in [7, 11) is 0. The Morgan fingerprint density at radius 1 is 1.73 bits per heavy atom. The maximum Gasteiger partial charge on any atom is 0.194 e. The summed E-state index contributed by atoms with van der Waals surface area (Å²) in [6.45, 7) is 1.93. The summed E-state index contributed by atoms with van der Waals surface area (Å²) in [5.74, 6) is 4.15. The highest BCUT2D eigenvalue weighted by molar-refractivity contribution is 7.99. The minimum absolute atomic E-state index is 0.0248. The second kappa shape index (κ2) is 5.03. The molecule has 2 atom stereocenters. The zero-order valence-electron chi connectivity index (χ0n) is 9.11. The number of nitrogens with two attached hydrogens (primary N) is 1. The molecule has 0 amide bonds.